The van der Waals surface area contributed by atoms with E-state index in [1.807, 2.05) is 29.0 Å². The Balaban J connectivity index is 1.41. The van der Waals surface area contributed by atoms with Crippen molar-refractivity contribution in [1.29, 1.82) is 0 Å². The number of aliphatic hydroxyl groups excluding tert-OH is 2. The number of nitrogens with zero attached hydrogens (tertiary/aromatic N) is 4. The summed E-state index contributed by atoms with van der Waals surface area (Å²) in [4.78, 5) is 12.9. The van der Waals surface area contributed by atoms with Crippen molar-refractivity contribution in [1.82, 2.24) is 19.5 Å². The van der Waals surface area contributed by atoms with Crippen LogP contribution in [-0.2, 0) is 6.42 Å². The third-order valence-corrected chi connectivity index (χ3v) is 7.97. The van der Waals surface area contributed by atoms with E-state index in [2.05, 4.69) is 49.9 Å². The van der Waals surface area contributed by atoms with E-state index in [1.165, 1.54) is 6.33 Å². The first-order valence-corrected chi connectivity index (χ1v) is 11.9. The van der Waals surface area contributed by atoms with Gasteiger partial charge < -0.3 is 26.2 Å². The van der Waals surface area contributed by atoms with Crippen molar-refractivity contribution >= 4 is 49.5 Å². The molecule has 3 heterocycles. The average molecular weight is 511 g/mol. The Bertz CT molecular complexity index is 1340. The molecule has 0 amide bonds. The van der Waals surface area contributed by atoms with Crippen LogP contribution in [0.4, 0.5) is 11.6 Å². The normalized spacial score (nSPS) is 25.3. The number of anilines is 2. The molecule has 5 rings (SSSR count). The van der Waals surface area contributed by atoms with Crippen molar-refractivity contribution in [3.05, 3.63) is 52.9 Å². The molecule has 6 N–H and O–H groups in total. The summed E-state index contributed by atoms with van der Waals surface area (Å²) in [5, 5.41) is 24.0. The first-order chi connectivity index (χ1) is 15.8. The highest BCUT2D eigenvalue weighted by atomic mass is 79.9. The molecular formula is C24H27BrN6O2. The highest BCUT2D eigenvalue weighted by Gasteiger charge is 2.51. The minimum atomic E-state index is -0.896. The summed E-state index contributed by atoms with van der Waals surface area (Å²) in [5.41, 5.74) is 14.2. The fraction of sp³-hybridized carbons (Fsp3) is 0.375. The van der Waals surface area contributed by atoms with E-state index in [1.54, 1.807) is 0 Å². The molecule has 8 nitrogen and oxygen atoms in total. The van der Waals surface area contributed by atoms with E-state index in [0.717, 1.165) is 45.6 Å². The zero-order valence-corrected chi connectivity index (χ0v) is 19.9. The van der Waals surface area contributed by atoms with Crippen LogP contribution in [0, 0.1) is 5.41 Å². The first kappa shape index (κ1) is 22.1. The van der Waals surface area contributed by atoms with Crippen LogP contribution in [0.2, 0.25) is 0 Å². The maximum absolute atomic E-state index is 11.2. The van der Waals surface area contributed by atoms with Crippen LogP contribution in [0.1, 0.15) is 37.8 Å². The molecule has 172 valence electrons. The molecule has 0 spiro atoms. The van der Waals surface area contributed by atoms with Crippen molar-refractivity contribution in [2.75, 3.05) is 11.5 Å². The predicted molar refractivity (Wildman–Crippen MR) is 133 cm³/mol. The van der Waals surface area contributed by atoms with Crippen LogP contribution in [-0.4, -0.2) is 41.9 Å². The Morgan fingerprint density at radius 3 is 2.76 bits per heavy atom. The zero-order valence-electron chi connectivity index (χ0n) is 18.3. The van der Waals surface area contributed by atoms with Crippen LogP contribution in [0.25, 0.3) is 21.9 Å². The third-order valence-electron chi connectivity index (χ3n) is 7.34. The van der Waals surface area contributed by atoms with Gasteiger partial charge in [-0.15, -0.1) is 0 Å². The maximum Gasteiger partial charge on any atom is 0.145 e. The number of aliphatic hydroxyl groups is 2. The van der Waals surface area contributed by atoms with E-state index in [4.69, 9.17) is 11.5 Å². The van der Waals surface area contributed by atoms with Gasteiger partial charge in [0.15, 0.2) is 0 Å². The molecule has 1 aromatic carbocycles. The fourth-order valence-corrected chi connectivity index (χ4v) is 5.62. The second kappa shape index (κ2) is 8.23. The molecule has 0 radical (unpaired) electrons. The number of hydrogen-bond acceptors (Lipinski definition) is 7. The van der Waals surface area contributed by atoms with Crippen LogP contribution in [0.15, 0.2) is 47.3 Å². The number of aryl methyl sites for hydroxylation is 1. The molecule has 33 heavy (non-hydrogen) atoms. The number of halogens is 1. The van der Waals surface area contributed by atoms with Crippen molar-refractivity contribution < 1.29 is 10.2 Å². The molecule has 9 heteroatoms. The number of nitrogen functional groups attached to an aromatic ring is 2. The molecule has 0 aliphatic heterocycles. The lowest BCUT2D eigenvalue weighted by molar-refractivity contribution is -0.0324. The quantitative estimate of drug-likeness (QED) is 0.321. The summed E-state index contributed by atoms with van der Waals surface area (Å²) in [6.07, 6.45) is 4.47. The Morgan fingerprint density at radius 2 is 1.97 bits per heavy atom. The van der Waals surface area contributed by atoms with Crippen molar-refractivity contribution in [2.24, 2.45) is 5.41 Å². The molecular weight excluding hydrogens is 484 g/mol. The second-order valence-electron chi connectivity index (χ2n) is 9.02. The topological polar surface area (TPSA) is 136 Å². The molecule has 0 saturated heterocycles. The number of fused-ring (bicyclic) bond motifs is 2. The van der Waals surface area contributed by atoms with Crippen LogP contribution in [0.3, 0.4) is 0 Å². The van der Waals surface area contributed by atoms with Gasteiger partial charge in [0.1, 0.15) is 29.7 Å². The standard InChI is InChI=1S/C24H27BrN6O2/c1-2-24(7-5-13-3-4-14-10-16(25)22(27)30-17(14)9-13)11-18(19(32)20(24)33)31-8-6-15-21(26)28-12-29-23(15)31/h3-4,6,8-10,12,18-20,32-33H,2,5,7,11H2,1H3,(H2,27,30)(H2,26,28,29)/t18-,19+,20+,24+/m1/s1. The first-order valence-electron chi connectivity index (χ1n) is 11.1. The number of aromatic nitrogens is 4. The SMILES string of the molecule is CC[C@]1(CCc2ccc3cc(Br)c(N)nc3c2)C[C@@H](n2ccc3c(N)ncnc32)[C@H](O)[C@@H]1O. The molecule has 1 aliphatic carbocycles. The van der Waals surface area contributed by atoms with E-state index in [9.17, 15) is 10.2 Å². The lowest BCUT2D eigenvalue weighted by Gasteiger charge is -2.32. The van der Waals surface area contributed by atoms with Gasteiger partial charge in [-0.25, -0.2) is 15.0 Å². The van der Waals surface area contributed by atoms with Crippen molar-refractivity contribution in [3.8, 4) is 0 Å². The van der Waals surface area contributed by atoms with E-state index < -0.39 is 17.6 Å². The average Bonchev–Trinajstić information content (AvgIpc) is 3.34. The molecule has 1 aliphatic rings. The van der Waals surface area contributed by atoms with Crippen molar-refractivity contribution in [3.63, 3.8) is 0 Å². The van der Waals surface area contributed by atoms with Gasteiger partial charge in [-0.2, -0.15) is 0 Å². The molecule has 0 bridgehead atoms. The fourth-order valence-electron chi connectivity index (χ4n) is 5.28. The number of hydrogen-bond donors (Lipinski definition) is 4. The summed E-state index contributed by atoms with van der Waals surface area (Å²) in [6, 6.07) is 9.72. The Morgan fingerprint density at radius 1 is 1.15 bits per heavy atom. The molecule has 3 aromatic heterocycles. The van der Waals surface area contributed by atoms with Gasteiger partial charge >= 0.3 is 0 Å². The highest BCUT2D eigenvalue weighted by molar-refractivity contribution is 9.10. The zero-order chi connectivity index (χ0) is 23.3. The van der Waals surface area contributed by atoms with Gasteiger partial charge in [-0.3, -0.25) is 0 Å². The monoisotopic (exact) mass is 510 g/mol. The Hall–Kier alpha value is -2.75. The van der Waals surface area contributed by atoms with Gasteiger partial charge in [0, 0.05) is 17.0 Å². The van der Waals surface area contributed by atoms with Gasteiger partial charge in [0.2, 0.25) is 0 Å². The molecule has 4 atom stereocenters. The van der Waals surface area contributed by atoms with E-state index in [0.29, 0.717) is 23.7 Å². The minimum Gasteiger partial charge on any atom is -0.390 e. The maximum atomic E-state index is 11.2. The van der Waals surface area contributed by atoms with Crippen LogP contribution >= 0.6 is 15.9 Å². The molecule has 4 aromatic rings. The summed E-state index contributed by atoms with van der Waals surface area (Å²) in [7, 11) is 0. The molecule has 1 fully saturated rings. The minimum absolute atomic E-state index is 0.290. The smallest absolute Gasteiger partial charge is 0.145 e. The number of nitrogens with two attached hydrogens (primary N) is 2. The summed E-state index contributed by atoms with van der Waals surface area (Å²) in [5.74, 6) is 0.872. The van der Waals surface area contributed by atoms with Crippen LogP contribution < -0.4 is 11.5 Å². The van der Waals surface area contributed by atoms with Gasteiger partial charge in [-0.05, 0) is 65.4 Å². The van der Waals surface area contributed by atoms with E-state index in [-0.39, 0.29) is 6.04 Å². The number of benzene rings is 1. The molecule has 0 unspecified atom stereocenters. The van der Waals surface area contributed by atoms with Crippen LogP contribution in [0.5, 0.6) is 0 Å². The largest absolute Gasteiger partial charge is 0.390 e. The second-order valence-corrected chi connectivity index (χ2v) is 9.88. The summed E-state index contributed by atoms with van der Waals surface area (Å²) < 4.78 is 2.71. The third kappa shape index (κ3) is 3.64. The summed E-state index contributed by atoms with van der Waals surface area (Å²) in [6.45, 7) is 2.08. The molecule has 1 saturated carbocycles. The predicted octanol–water partition coefficient (Wildman–Crippen LogP) is 3.60. The Kier molecular flexibility index (Phi) is 5.50. The number of rotatable bonds is 5. The van der Waals surface area contributed by atoms with Gasteiger partial charge in [0.05, 0.1) is 27.5 Å². The van der Waals surface area contributed by atoms with E-state index >= 15 is 0 Å². The highest BCUT2D eigenvalue weighted by Crippen LogP contribution is 2.50. The number of pyridine rings is 1. The summed E-state index contributed by atoms with van der Waals surface area (Å²) >= 11 is 3.42. The lowest BCUT2D eigenvalue weighted by atomic mass is 9.76. The van der Waals surface area contributed by atoms with Crippen molar-refractivity contribution in [2.45, 2.75) is 50.9 Å². The Labute approximate surface area is 199 Å². The van der Waals surface area contributed by atoms with Gasteiger partial charge in [-0.1, -0.05) is 19.1 Å². The lowest BCUT2D eigenvalue weighted by Crippen LogP contribution is -2.36. The van der Waals surface area contributed by atoms with Gasteiger partial charge in [0.25, 0.3) is 0 Å².